The van der Waals surface area contributed by atoms with Crippen molar-refractivity contribution in [2.24, 2.45) is 0 Å². The predicted molar refractivity (Wildman–Crippen MR) is 175 cm³/mol. The molecule has 4 aromatic rings. The third kappa shape index (κ3) is 7.57. The molecule has 244 valence electrons. The Hall–Kier alpha value is -5.32. The number of fused-ring (bicyclic) bond motifs is 7. The smallest absolute Gasteiger partial charge is 0.258 e. The first-order valence-corrected chi connectivity index (χ1v) is 15.8. The van der Waals surface area contributed by atoms with E-state index in [2.05, 4.69) is 15.7 Å². The van der Waals surface area contributed by atoms with E-state index in [4.69, 9.17) is 14.2 Å². The molecule has 47 heavy (non-hydrogen) atoms. The second-order valence-corrected chi connectivity index (χ2v) is 11.9. The molecule has 0 spiro atoms. The summed E-state index contributed by atoms with van der Waals surface area (Å²) in [5.74, 6) is 1.19. The third-order valence-electron chi connectivity index (χ3n) is 8.54. The molecule has 7 rings (SSSR count). The first kappa shape index (κ1) is 31.7. The number of rotatable bonds is 4. The van der Waals surface area contributed by atoms with Crippen molar-refractivity contribution in [3.63, 3.8) is 0 Å². The Kier molecular flexibility index (Phi) is 9.42. The van der Waals surface area contributed by atoms with Crippen LogP contribution in [-0.4, -0.2) is 71.4 Å². The maximum absolute atomic E-state index is 13.8. The molecule has 6 bridgehead atoms. The second kappa shape index (κ2) is 14.0. The molecule has 0 saturated carbocycles. The topological polar surface area (TPSA) is 124 Å². The van der Waals surface area contributed by atoms with E-state index in [0.717, 1.165) is 22.5 Å². The van der Waals surface area contributed by atoms with Crippen LogP contribution in [-0.2, 0) is 22.7 Å². The number of nitrogens with zero attached hydrogens (tertiary/aromatic N) is 3. The molecule has 3 amide bonds. The van der Waals surface area contributed by atoms with Crippen LogP contribution in [0.5, 0.6) is 17.2 Å². The number of likely N-dealkylation sites (tertiary alicyclic amines) is 1. The number of aryl methyl sites for hydroxylation is 3. The van der Waals surface area contributed by atoms with Gasteiger partial charge in [0.2, 0.25) is 5.91 Å². The fourth-order valence-corrected chi connectivity index (χ4v) is 6.04. The van der Waals surface area contributed by atoms with E-state index in [1.54, 1.807) is 36.3 Å². The fraction of sp³-hybridized carbons (Fsp3) is 0.333. The summed E-state index contributed by atoms with van der Waals surface area (Å²) in [5.41, 5.74) is 4.72. The second-order valence-electron chi connectivity index (χ2n) is 11.9. The number of methoxy groups -OCH3 is 1. The standard InChI is InChI=1S/C36H39N5O6/c1-23-17-24(2)41(39-23)16-14-35(43)40-15-13-33-31(21-40)38-36(44)27-9-12-32(45-3)30(19-27)26-5-4-6-29(18-26)46-22-34(42)37-20-25-7-10-28(47-33)11-8-25/h4-12,17-19,31,33H,13-16,20-22H2,1-3H3,(H,37,42)(H,38,44)/t31-,33-/m1/s1. The van der Waals surface area contributed by atoms with Crippen molar-refractivity contribution in [1.29, 1.82) is 0 Å². The Balaban J connectivity index is 1.28. The van der Waals surface area contributed by atoms with Crippen LogP contribution in [0.2, 0.25) is 0 Å². The summed E-state index contributed by atoms with van der Waals surface area (Å²) in [5, 5.41) is 10.5. The summed E-state index contributed by atoms with van der Waals surface area (Å²) < 4.78 is 19.7. The molecule has 0 unspecified atom stereocenters. The highest BCUT2D eigenvalue weighted by Gasteiger charge is 2.34. The van der Waals surface area contributed by atoms with Crippen molar-refractivity contribution in [2.75, 3.05) is 26.8 Å². The minimum absolute atomic E-state index is 0.00285. The van der Waals surface area contributed by atoms with E-state index < -0.39 is 6.04 Å². The van der Waals surface area contributed by atoms with E-state index >= 15 is 0 Å². The Morgan fingerprint density at radius 1 is 1.00 bits per heavy atom. The van der Waals surface area contributed by atoms with Crippen LogP contribution in [0.3, 0.4) is 0 Å². The van der Waals surface area contributed by atoms with Gasteiger partial charge < -0.3 is 29.7 Å². The van der Waals surface area contributed by atoms with Gasteiger partial charge in [-0.2, -0.15) is 5.10 Å². The molecule has 4 heterocycles. The van der Waals surface area contributed by atoms with Crippen molar-refractivity contribution in [2.45, 2.75) is 51.9 Å². The van der Waals surface area contributed by atoms with Gasteiger partial charge in [0.15, 0.2) is 6.61 Å². The summed E-state index contributed by atoms with van der Waals surface area (Å²) >= 11 is 0. The van der Waals surface area contributed by atoms with Gasteiger partial charge in [-0.05, 0) is 73.5 Å². The molecule has 2 atom stereocenters. The van der Waals surface area contributed by atoms with Gasteiger partial charge >= 0.3 is 0 Å². The number of piperidine rings is 1. The Morgan fingerprint density at radius 3 is 2.60 bits per heavy atom. The van der Waals surface area contributed by atoms with E-state index in [9.17, 15) is 14.4 Å². The normalized spacial score (nSPS) is 18.2. The molecule has 11 heteroatoms. The van der Waals surface area contributed by atoms with Crippen molar-refractivity contribution in [3.05, 3.63) is 95.3 Å². The zero-order valence-corrected chi connectivity index (χ0v) is 26.8. The lowest BCUT2D eigenvalue weighted by atomic mass is 9.99. The molecule has 3 aliphatic rings. The SMILES string of the molecule is COc1ccc2cc1-c1cccc(c1)OCC(=O)NCc1ccc(cc1)O[C@@H]1CCN(C(=O)CCn3nc(C)cc3C)C[C@H]1NC2=O. The van der Waals surface area contributed by atoms with Crippen molar-refractivity contribution < 1.29 is 28.6 Å². The lowest BCUT2D eigenvalue weighted by molar-refractivity contribution is -0.134. The summed E-state index contributed by atoms with van der Waals surface area (Å²) in [7, 11) is 1.57. The predicted octanol–water partition coefficient (Wildman–Crippen LogP) is 4.05. The Bertz CT molecular complexity index is 1770. The maximum Gasteiger partial charge on any atom is 0.258 e. The number of carbonyl (C=O) groups is 3. The molecule has 0 radical (unpaired) electrons. The zero-order chi connectivity index (χ0) is 32.9. The highest BCUT2D eigenvalue weighted by Crippen LogP contribution is 2.33. The van der Waals surface area contributed by atoms with Gasteiger partial charge in [0.05, 0.1) is 18.8 Å². The minimum atomic E-state index is -0.472. The van der Waals surface area contributed by atoms with Crippen LogP contribution in [0.4, 0.5) is 0 Å². The molecular formula is C36H39N5O6. The van der Waals surface area contributed by atoms with Gasteiger partial charge in [0.1, 0.15) is 23.4 Å². The molecule has 1 fully saturated rings. The molecule has 11 nitrogen and oxygen atoms in total. The van der Waals surface area contributed by atoms with Gasteiger partial charge in [-0.3, -0.25) is 19.1 Å². The lowest BCUT2D eigenvalue weighted by Crippen LogP contribution is -2.58. The molecular weight excluding hydrogens is 598 g/mol. The number of hydrogen-bond acceptors (Lipinski definition) is 7. The van der Waals surface area contributed by atoms with E-state index in [1.165, 1.54) is 0 Å². The maximum atomic E-state index is 13.8. The number of nitrogens with one attached hydrogen (secondary N) is 2. The van der Waals surface area contributed by atoms with Gasteiger partial charge in [-0.25, -0.2) is 0 Å². The number of amides is 3. The number of hydrogen-bond donors (Lipinski definition) is 2. The quantitative estimate of drug-likeness (QED) is 0.346. The zero-order valence-electron chi connectivity index (χ0n) is 26.8. The average Bonchev–Trinajstić information content (AvgIpc) is 3.42. The van der Waals surface area contributed by atoms with Crippen molar-refractivity contribution >= 4 is 17.7 Å². The van der Waals surface area contributed by atoms with Crippen LogP contribution in [0.1, 0.15) is 40.2 Å². The number of ether oxygens (including phenoxy) is 3. The third-order valence-corrected chi connectivity index (χ3v) is 8.54. The van der Waals surface area contributed by atoms with E-state index in [1.807, 2.05) is 67.1 Å². The first-order chi connectivity index (χ1) is 22.7. The van der Waals surface area contributed by atoms with Crippen LogP contribution < -0.4 is 24.8 Å². The molecule has 2 N–H and O–H groups in total. The minimum Gasteiger partial charge on any atom is -0.496 e. The highest BCUT2D eigenvalue weighted by atomic mass is 16.5. The van der Waals surface area contributed by atoms with E-state index in [0.29, 0.717) is 67.4 Å². The van der Waals surface area contributed by atoms with Gasteiger partial charge in [0, 0.05) is 55.8 Å². The summed E-state index contributed by atoms with van der Waals surface area (Å²) in [6.45, 7) is 5.40. The van der Waals surface area contributed by atoms with Gasteiger partial charge in [0.25, 0.3) is 11.8 Å². The largest absolute Gasteiger partial charge is 0.496 e. The number of aromatic nitrogens is 2. The van der Waals surface area contributed by atoms with Crippen molar-refractivity contribution in [3.8, 4) is 28.4 Å². The van der Waals surface area contributed by atoms with Gasteiger partial charge in [-0.15, -0.1) is 0 Å². The van der Waals surface area contributed by atoms with Crippen LogP contribution in [0.15, 0.2) is 72.8 Å². The lowest BCUT2D eigenvalue weighted by Gasteiger charge is -2.39. The highest BCUT2D eigenvalue weighted by molar-refractivity contribution is 5.96. The molecule has 0 aliphatic carbocycles. The van der Waals surface area contributed by atoms with Gasteiger partial charge in [-0.1, -0.05) is 24.3 Å². The van der Waals surface area contributed by atoms with Crippen LogP contribution >= 0.6 is 0 Å². The molecule has 3 aromatic carbocycles. The Morgan fingerprint density at radius 2 is 1.83 bits per heavy atom. The van der Waals surface area contributed by atoms with E-state index in [-0.39, 0.29) is 30.4 Å². The fourth-order valence-electron chi connectivity index (χ4n) is 6.04. The average molecular weight is 638 g/mol. The van der Waals surface area contributed by atoms with Crippen molar-refractivity contribution in [1.82, 2.24) is 25.3 Å². The summed E-state index contributed by atoms with van der Waals surface area (Å²) in [4.78, 5) is 41.6. The summed E-state index contributed by atoms with van der Waals surface area (Å²) in [6, 6.07) is 21.5. The summed E-state index contributed by atoms with van der Waals surface area (Å²) in [6.07, 6.45) is 0.466. The molecule has 1 aromatic heterocycles. The first-order valence-electron chi connectivity index (χ1n) is 15.8. The van der Waals surface area contributed by atoms with Crippen LogP contribution in [0.25, 0.3) is 11.1 Å². The number of benzene rings is 3. The Labute approximate surface area is 273 Å². The number of carbonyl (C=O) groups excluding carboxylic acids is 3. The molecule has 3 aliphatic heterocycles. The monoisotopic (exact) mass is 637 g/mol. The molecule has 1 saturated heterocycles. The van der Waals surface area contributed by atoms with Crippen LogP contribution in [0, 0.1) is 13.8 Å².